The van der Waals surface area contributed by atoms with Crippen LogP contribution in [0.25, 0.3) is 0 Å². The summed E-state index contributed by atoms with van der Waals surface area (Å²) < 4.78 is 0. The first kappa shape index (κ1) is 15.8. The van der Waals surface area contributed by atoms with E-state index >= 15 is 0 Å². The van der Waals surface area contributed by atoms with Gasteiger partial charge in [-0.25, -0.2) is 0 Å². The van der Waals surface area contributed by atoms with Crippen molar-refractivity contribution in [3.05, 3.63) is 69.8 Å². The summed E-state index contributed by atoms with van der Waals surface area (Å²) in [5.41, 5.74) is 8.30. The lowest BCUT2D eigenvalue weighted by atomic mass is 9.91. The van der Waals surface area contributed by atoms with Crippen molar-refractivity contribution >= 4 is 0 Å². The van der Waals surface area contributed by atoms with Gasteiger partial charge in [-0.05, 0) is 62.9 Å². The fourth-order valence-corrected chi connectivity index (χ4v) is 2.91. The fourth-order valence-electron chi connectivity index (χ4n) is 2.91. The Morgan fingerprint density at radius 3 is 2.14 bits per heavy atom. The topological polar surface area (TPSA) is 12.0 Å². The van der Waals surface area contributed by atoms with Crippen molar-refractivity contribution in [2.75, 3.05) is 6.54 Å². The third kappa shape index (κ3) is 3.95. The summed E-state index contributed by atoms with van der Waals surface area (Å²) in [5.74, 6) is 0. The predicted octanol–water partition coefficient (Wildman–Crippen LogP) is 4.81. The Morgan fingerprint density at radius 1 is 0.857 bits per heavy atom. The molecule has 2 aromatic carbocycles. The van der Waals surface area contributed by atoms with E-state index < -0.39 is 0 Å². The second-order valence-corrected chi connectivity index (χ2v) is 6.10. The number of aryl methyl sites for hydroxylation is 4. The average molecular weight is 281 g/mol. The number of likely N-dealkylation sites (N-methyl/N-ethyl adjacent to an activating group) is 1. The van der Waals surface area contributed by atoms with Gasteiger partial charge in [0, 0.05) is 6.04 Å². The van der Waals surface area contributed by atoms with Gasteiger partial charge in [-0.1, -0.05) is 54.4 Å². The molecule has 0 aromatic heterocycles. The highest BCUT2D eigenvalue weighted by Crippen LogP contribution is 2.25. The van der Waals surface area contributed by atoms with E-state index in [0.29, 0.717) is 6.04 Å². The van der Waals surface area contributed by atoms with E-state index in [0.717, 1.165) is 13.0 Å². The van der Waals surface area contributed by atoms with Gasteiger partial charge in [0.2, 0.25) is 0 Å². The zero-order chi connectivity index (χ0) is 15.4. The van der Waals surface area contributed by atoms with Crippen LogP contribution in [0, 0.1) is 27.7 Å². The molecular formula is C20H27N. The highest BCUT2D eigenvalue weighted by Gasteiger charge is 2.15. The molecule has 0 radical (unpaired) electrons. The SMILES string of the molecule is CCNC(Cc1cc(C)ccc1C)c1cc(C)ccc1C. The summed E-state index contributed by atoms with van der Waals surface area (Å²) in [6.45, 7) is 11.9. The van der Waals surface area contributed by atoms with Crippen molar-refractivity contribution in [2.45, 2.75) is 47.1 Å². The Kier molecular flexibility index (Phi) is 5.19. The smallest absolute Gasteiger partial charge is 0.0363 e. The van der Waals surface area contributed by atoms with Gasteiger partial charge in [0.25, 0.3) is 0 Å². The Bertz CT molecular complexity index is 613. The molecular weight excluding hydrogens is 254 g/mol. The minimum Gasteiger partial charge on any atom is -0.310 e. The Hall–Kier alpha value is -1.60. The maximum atomic E-state index is 3.66. The van der Waals surface area contributed by atoms with Crippen molar-refractivity contribution in [2.24, 2.45) is 0 Å². The lowest BCUT2D eigenvalue weighted by Crippen LogP contribution is -2.24. The fraction of sp³-hybridized carbons (Fsp3) is 0.400. The van der Waals surface area contributed by atoms with Crippen LogP contribution in [0.3, 0.4) is 0 Å². The summed E-state index contributed by atoms with van der Waals surface area (Å²) in [4.78, 5) is 0. The minimum absolute atomic E-state index is 0.385. The molecule has 1 nitrogen and oxygen atoms in total. The lowest BCUT2D eigenvalue weighted by molar-refractivity contribution is 0.546. The molecule has 0 amide bonds. The van der Waals surface area contributed by atoms with Gasteiger partial charge in [0.15, 0.2) is 0 Å². The third-order valence-corrected chi connectivity index (χ3v) is 4.19. The molecule has 2 aromatic rings. The molecule has 1 N–H and O–H groups in total. The number of rotatable bonds is 5. The van der Waals surface area contributed by atoms with Crippen molar-refractivity contribution < 1.29 is 0 Å². The van der Waals surface area contributed by atoms with E-state index in [-0.39, 0.29) is 0 Å². The van der Waals surface area contributed by atoms with E-state index in [4.69, 9.17) is 0 Å². The van der Waals surface area contributed by atoms with Crippen LogP contribution in [-0.4, -0.2) is 6.54 Å². The van der Waals surface area contributed by atoms with Crippen LogP contribution < -0.4 is 5.32 Å². The maximum absolute atomic E-state index is 3.66. The van der Waals surface area contributed by atoms with Gasteiger partial charge in [0.05, 0.1) is 0 Å². The molecule has 0 fully saturated rings. The molecule has 0 saturated carbocycles. The Labute approximate surface area is 129 Å². The Morgan fingerprint density at radius 2 is 1.48 bits per heavy atom. The molecule has 1 atom stereocenters. The lowest BCUT2D eigenvalue weighted by Gasteiger charge is -2.22. The van der Waals surface area contributed by atoms with Crippen molar-refractivity contribution in [3.63, 3.8) is 0 Å². The molecule has 0 aliphatic rings. The van der Waals surface area contributed by atoms with E-state index in [1.807, 2.05) is 0 Å². The first-order valence-electron chi connectivity index (χ1n) is 7.88. The standard InChI is InChI=1S/C20H27N/c1-6-21-20(19-12-15(3)8-10-17(19)5)13-18-11-14(2)7-9-16(18)4/h7-12,20-21H,6,13H2,1-5H3. The summed E-state index contributed by atoms with van der Waals surface area (Å²) in [6, 6.07) is 13.9. The first-order valence-corrected chi connectivity index (χ1v) is 7.88. The number of benzene rings is 2. The second kappa shape index (κ2) is 6.91. The highest BCUT2D eigenvalue weighted by atomic mass is 14.9. The zero-order valence-electron chi connectivity index (χ0n) is 14.0. The summed E-state index contributed by atoms with van der Waals surface area (Å²) in [5, 5.41) is 3.66. The molecule has 0 spiro atoms. The van der Waals surface area contributed by atoms with E-state index in [2.05, 4.69) is 76.3 Å². The predicted molar refractivity (Wildman–Crippen MR) is 92.0 cm³/mol. The molecule has 0 heterocycles. The van der Waals surface area contributed by atoms with Crippen LogP contribution in [0.15, 0.2) is 36.4 Å². The third-order valence-electron chi connectivity index (χ3n) is 4.19. The average Bonchev–Trinajstić information content (AvgIpc) is 2.45. The van der Waals surface area contributed by atoms with E-state index in [1.165, 1.54) is 33.4 Å². The molecule has 1 unspecified atom stereocenters. The largest absolute Gasteiger partial charge is 0.310 e. The van der Waals surface area contributed by atoms with Gasteiger partial charge < -0.3 is 5.32 Å². The van der Waals surface area contributed by atoms with Crippen LogP contribution in [0.2, 0.25) is 0 Å². The van der Waals surface area contributed by atoms with Crippen molar-refractivity contribution in [3.8, 4) is 0 Å². The molecule has 0 bridgehead atoms. The zero-order valence-corrected chi connectivity index (χ0v) is 14.0. The molecule has 0 aliphatic carbocycles. The molecule has 0 aliphatic heterocycles. The monoisotopic (exact) mass is 281 g/mol. The summed E-state index contributed by atoms with van der Waals surface area (Å²) in [7, 11) is 0. The minimum atomic E-state index is 0.385. The summed E-state index contributed by atoms with van der Waals surface area (Å²) >= 11 is 0. The van der Waals surface area contributed by atoms with Gasteiger partial charge in [-0.15, -0.1) is 0 Å². The molecule has 0 saturated heterocycles. The maximum Gasteiger partial charge on any atom is 0.0363 e. The van der Waals surface area contributed by atoms with E-state index in [1.54, 1.807) is 0 Å². The van der Waals surface area contributed by atoms with Crippen molar-refractivity contribution in [1.29, 1.82) is 0 Å². The summed E-state index contributed by atoms with van der Waals surface area (Å²) in [6.07, 6.45) is 1.05. The number of hydrogen-bond acceptors (Lipinski definition) is 1. The van der Waals surface area contributed by atoms with E-state index in [9.17, 15) is 0 Å². The van der Waals surface area contributed by atoms with Crippen LogP contribution in [0.5, 0.6) is 0 Å². The van der Waals surface area contributed by atoms with Crippen LogP contribution in [0.1, 0.15) is 46.3 Å². The quantitative estimate of drug-likeness (QED) is 0.829. The number of hydrogen-bond donors (Lipinski definition) is 1. The normalized spacial score (nSPS) is 12.4. The van der Waals surface area contributed by atoms with Gasteiger partial charge >= 0.3 is 0 Å². The molecule has 21 heavy (non-hydrogen) atoms. The van der Waals surface area contributed by atoms with Crippen molar-refractivity contribution in [1.82, 2.24) is 5.32 Å². The molecule has 2 rings (SSSR count). The van der Waals surface area contributed by atoms with Gasteiger partial charge in [-0.2, -0.15) is 0 Å². The number of nitrogens with one attached hydrogen (secondary N) is 1. The van der Waals surface area contributed by atoms with Crippen LogP contribution >= 0.6 is 0 Å². The first-order chi connectivity index (χ1) is 10.0. The van der Waals surface area contributed by atoms with Gasteiger partial charge in [-0.3, -0.25) is 0 Å². The van der Waals surface area contributed by atoms with Crippen LogP contribution in [-0.2, 0) is 6.42 Å². The van der Waals surface area contributed by atoms with Gasteiger partial charge in [0.1, 0.15) is 0 Å². The second-order valence-electron chi connectivity index (χ2n) is 6.10. The molecule has 112 valence electrons. The molecule has 1 heteroatoms. The Balaban J connectivity index is 2.35. The highest BCUT2D eigenvalue weighted by molar-refractivity contribution is 5.36. The van der Waals surface area contributed by atoms with Crippen LogP contribution in [0.4, 0.5) is 0 Å².